The molecule has 0 unspecified atom stereocenters. The summed E-state index contributed by atoms with van der Waals surface area (Å²) in [7, 11) is 3.72. The van der Waals surface area contributed by atoms with Crippen LogP contribution in [0, 0.1) is 5.92 Å². The fourth-order valence-electron chi connectivity index (χ4n) is 2.97. The molecular weight excluding hydrogens is 348 g/mol. The van der Waals surface area contributed by atoms with Gasteiger partial charge in [0.15, 0.2) is 0 Å². The molecule has 28 heavy (non-hydrogen) atoms. The van der Waals surface area contributed by atoms with E-state index in [0.29, 0.717) is 5.95 Å². The normalized spacial score (nSPS) is 13.7. The number of benzene rings is 1. The number of nitrogens with one attached hydrogen (secondary N) is 2. The second-order valence-corrected chi connectivity index (χ2v) is 6.44. The van der Waals surface area contributed by atoms with E-state index in [1.807, 2.05) is 52.6 Å². The number of rotatable bonds is 3. The van der Waals surface area contributed by atoms with E-state index in [-0.39, 0.29) is 0 Å². The van der Waals surface area contributed by atoms with E-state index >= 15 is 0 Å². The van der Waals surface area contributed by atoms with Crippen LogP contribution in [0.1, 0.15) is 26.7 Å². The molecule has 0 aliphatic carbocycles. The molecule has 0 atom stereocenters. The van der Waals surface area contributed by atoms with Crippen molar-refractivity contribution in [3.8, 4) is 11.1 Å². The van der Waals surface area contributed by atoms with E-state index in [1.165, 1.54) is 25.9 Å². The Morgan fingerprint density at radius 1 is 1.18 bits per heavy atom. The number of nitrogens with zero attached hydrogens (tertiary/aromatic N) is 4. The van der Waals surface area contributed by atoms with Gasteiger partial charge in [-0.2, -0.15) is 5.10 Å². The van der Waals surface area contributed by atoms with Crippen molar-refractivity contribution in [2.75, 3.05) is 25.5 Å². The minimum absolute atomic E-state index is 0.630. The predicted octanol–water partition coefficient (Wildman–Crippen LogP) is 4.27. The number of hydrogen-bond donors (Lipinski definition) is 2. The lowest BCUT2D eigenvalue weighted by molar-refractivity contribution is 0.437. The molecule has 1 aliphatic rings. The zero-order valence-electron chi connectivity index (χ0n) is 17.4. The Morgan fingerprint density at radius 3 is 2.50 bits per heavy atom. The summed E-state index contributed by atoms with van der Waals surface area (Å²) >= 11 is 0. The van der Waals surface area contributed by atoms with Gasteiger partial charge in [-0.05, 0) is 43.5 Å². The van der Waals surface area contributed by atoms with Gasteiger partial charge in [-0.15, -0.1) is 6.58 Å². The van der Waals surface area contributed by atoms with Crippen molar-refractivity contribution in [3.05, 3.63) is 49.4 Å². The highest BCUT2D eigenvalue weighted by Crippen LogP contribution is 2.23. The third-order valence-corrected chi connectivity index (χ3v) is 4.56. The lowest BCUT2D eigenvalue weighted by Gasteiger charge is -2.18. The van der Waals surface area contributed by atoms with Crippen molar-refractivity contribution < 1.29 is 0 Å². The minimum atomic E-state index is 0.630. The van der Waals surface area contributed by atoms with Gasteiger partial charge in [0.2, 0.25) is 5.95 Å². The molecule has 0 amide bonds. The van der Waals surface area contributed by atoms with Gasteiger partial charge in [0, 0.05) is 37.4 Å². The van der Waals surface area contributed by atoms with Crippen molar-refractivity contribution >= 4 is 16.9 Å². The molecule has 1 aromatic carbocycles. The highest BCUT2D eigenvalue weighted by Gasteiger charge is 2.07. The van der Waals surface area contributed by atoms with Gasteiger partial charge < -0.3 is 10.6 Å². The molecule has 2 aromatic heterocycles. The molecule has 2 N–H and O–H groups in total. The first kappa shape index (κ1) is 21.6. The fourth-order valence-corrected chi connectivity index (χ4v) is 2.97. The number of anilines is 1. The summed E-state index contributed by atoms with van der Waals surface area (Å²) in [5.74, 6) is 1.42. The monoisotopic (exact) mass is 380 g/mol. The smallest absolute Gasteiger partial charge is 0.222 e. The molecule has 6 nitrogen and oxygen atoms in total. The molecular formula is C22H32N6. The lowest BCUT2D eigenvalue weighted by Crippen LogP contribution is -2.26. The van der Waals surface area contributed by atoms with Crippen molar-refractivity contribution in [1.82, 2.24) is 25.1 Å². The Kier molecular flexibility index (Phi) is 8.62. The zero-order valence-corrected chi connectivity index (χ0v) is 17.4. The largest absolute Gasteiger partial charge is 0.357 e. The number of allylic oxidation sites excluding steroid dienone is 1. The van der Waals surface area contributed by atoms with Gasteiger partial charge >= 0.3 is 0 Å². The van der Waals surface area contributed by atoms with Gasteiger partial charge in [0.1, 0.15) is 0 Å². The Balaban J connectivity index is 0.000000236. The summed E-state index contributed by atoms with van der Waals surface area (Å²) in [6.07, 6.45) is 10.3. The van der Waals surface area contributed by atoms with Gasteiger partial charge in [-0.25, -0.2) is 9.97 Å². The van der Waals surface area contributed by atoms with E-state index in [0.717, 1.165) is 27.9 Å². The quantitative estimate of drug-likeness (QED) is 0.664. The van der Waals surface area contributed by atoms with Gasteiger partial charge in [0.05, 0.1) is 11.7 Å². The second-order valence-electron chi connectivity index (χ2n) is 6.44. The Bertz CT molecular complexity index is 864. The van der Waals surface area contributed by atoms with Crippen molar-refractivity contribution in [2.45, 2.75) is 26.7 Å². The highest BCUT2D eigenvalue weighted by atomic mass is 15.2. The SMILES string of the molecule is C=CC1CCNCC1.CC.CNc1ncc2ccc(-c3cnn(C)c3)cc2n1. The Morgan fingerprint density at radius 2 is 1.93 bits per heavy atom. The predicted molar refractivity (Wildman–Crippen MR) is 118 cm³/mol. The summed E-state index contributed by atoms with van der Waals surface area (Å²) in [4.78, 5) is 8.63. The molecule has 0 bridgehead atoms. The van der Waals surface area contributed by atoms with Crippen LogP contribution in [-0.4, -0.2) is 39.9 Å². The highest BCUT2D eigenvalue weighted by molar-refractivity contribution is 5.84. The van der Waals surface area contributed by atoms with Crippen LogP contribution in [0.25, 0.3) is 22.0 Å². The van der Waals surface area contributed by atoms with E-state index in [1.54, 1.807) is 4.68 Å². The third-order valence-electron chi connectivity index (χ3n) is 4.56. The average molecular weight is 381 g/mol. The summed E-state index contributed by atoms with van der Waals surface area (Å²) < 4.78 is 1.79. The summed E-state index contributed by atoms with van der Waals surface area (Å²) in [6.45, 7) is 10.1. The van der Waals surface area contributed by atoms with Crippen LogP contribution < -0.4 is 10.6 Å². The molecule has 0 radical (unpaired) electrons. The molecule has 3 aromatic rings. The van der Waals surface area contributed by atoms with Crippen LogP contribution in [0.3, 0.4) is 0 Å². The average Bonchev–Trinajstić information content (AvgIpc) is 3.21. The topological polar surface area (TPSA) is 67.7 Å². The lowest BCUT2D eigenvalue weighted by atomic mass is 9.99. The molecule has 0 spiro atoms. The number of fused-ring (bicyclic) bond motifs is 1. The molecule has 3 heterocycles. The molecule has 0 saturated carbocycles. The number of aromatic nitrogens is 4. The first-order valence-electron chi connectivity index (χ1n) is 9.96. The van der Waals surface area contributed by atoms with E-state index in [4.69, 9.17) is 0 Å². The summed E-state index contributed by atoms with van der Waals surface area (Å²) in [6, 6.07) is 6.13. The Hall–Kier alpha value is -2.73. The van der Waals surface area contributed by atoms with Crippen molar-refractivity contribution in [3.63, 3.8) is 0 Å². The van der Waals surface area contributed by atoms with Gasteiger partial charge in [0.25, 0.3) is 0 Å². The standard InChI is InChI=1S/C13H13N5.C7H13N.C2H6/c1-14-13-15-6-10-4-3-9(5-12(10)17-13)11-7-16-18(2)8-11;1-2-7-3-5-8-6-4-7;1-2/h3-8H,1-2H3,(H,14,15,17);2,7-8H,1,3-6H2;1-2H3. The maximum atomic E-state index is 4.44. The van der Waals surface area contributed by atoms with Gasteiger partial charge in [-0.3, -0.25) is 4.68 Å². The van der Waals surface area contributed by atoms with Crippen LogP contribution >= 0.6 is 0 Å². The van der Waals surface area contributed by atoms with Crippen molar-refractivity contribution in [2.24, 2.45) is 13.0 Å². The van der Waals surface area contributed by atoms with E-state index < -0.39 is 0 Å². The molecule has 1 aliphatic heterocycles. The number of hydrogen-bond acceptors (Lipinski definition) is 5. The van der Waals surface area contributed by atoms with Gasteiger partial charge in [-0.1, -0.05) is 32.1 Å². The molecule has 4 rings (SSSR count). The minimum Gasteiger partial charge on any atom is -0.357 e. The summed E-state index contributed by atoms with van der Waals surface area (Å²) in [5, 5.41) is 11.5. The second kappa shape index (κ2) is 11.2. The number of aryl methyl sites for hydroxylation is 1. The first-order valence-corrected chi connectivity index (χ1v) is 9.96. The van der Waals surface area contributed by atoms with Crippen LogP contribution in [0.4, 0.5) is 5.95 Å². The van der Waals surface area contributed by atoms with Crippen LogP contribution in [0.5, 0.6) is 0 Å². The molecule has 150 valence electrons. The first-order chi connectivity index (χ1) is 13.7. The Labute approximate surface area is 168 Å². The zero-order chi connectivity index (χ0) is 20.4. The number of piperidine rings is 1. The molecule has 1 fully saturated rings. The molecule has 1 saturated heterocycles. The van der Waals surface area contributed by atoms with Crippen LogP contribution in [0.2, 0.25) is 0 Å². The third kappa shape index (κ3) is 5.89. The van der Waals surface area contributed by atoms with E-state index in [2.05, 4.69) is 50.5 Å². The maximum absolute atomic E-state index is 4.44. The van der Waals surface area contributed by atoms with Crippen molar-refractivity contribution in [1.29, 1.82) is 0 Å². The fraction of sp³-hybridized carbons (Fsp3) is 0.409. The van der Waals surface area contributed by atoms with Crippen LogP contribution in [0.15, 0.2) is 49.4 Å². The maximum Gasteiger partial charge on any atom is 0.222 e. The van der Waals surface area contributed by atoms with E-state index in [9.17, 15) is 0 Å². The summed E-state index contributed by atoms with van der Waals surface area (Å²) in [5.41, 5.74) is 3.12. The van der Waals surface area contributed by atoms with Crippen LogP contribution in [-0.2, 0) is 7.05 Å². The molecule has 6 heteroatoms.